The summed E-state index contributed by atoms with van der Waals surface area (Å²) in [5, 5.41) is 0. The van der Waals surface area contributed by atoms with Crippen molar-refractivity contribution in [3.05, 3.63) is 57.8 Å². The van der Waals surface area contributed by atoms with Gasteiger partial charge in [-0.3, -0.25) is 4.79 Å². The van der Waals surface area contributed by atoms with Crippen LogP contribution in [-0.2, 0) is 0 Å². The minimum absolute atomic E-state index is 0.0648. The summed E-state index contributed by atoms with van der Waals surface area (Å²) in [6, 6.07) is 9.61. The third-order valence-corrected chi connectivity index (χ3v) is 3.34. The third kappa shape index (κ3) is 3.20. The van der Waals surface area contributed by atoms with E-state index in [9.17, 15) is 4.79 Å². The number of hydrogen-bond acceptors (Lipinski definition) is 2. The Balaban J connectivity index is 2.30. The second-order valence-corrected chi connectivity index (χ2v) is 5.39. The molecule has 98 valence electrons. The lowest BCUT2D eigenvalue weighted by Gasteiger charge is -2.18. The molecular formula is C15H15BrN2O. The highest BCUT2D eigenvalue weighted by Crippen LogP contribution is 2.19. The number of aryl methyl sites for hydroxylation is 2. The van der Waals surface area contributed by atoms with Gasteiger partial charge in [0.2, 0.25) is 0 Å². The average molecular weight is 319 g/mol. The lowest BCUT2D eigenvalue weighted by Crippen LogP contribution is -2.26. The fourth-order valence-corrected chi connectivity index (χ4v) is 2.19. The number of anilines is 1. The molecule has 0 aliphatic carbocycles. The largest absolute Gasteiger partial charge is 0.311 e. The molecule has 0 spiro atoms. The highest BCUT2D eigenvalue weighted by molar-refractivity contribution is 9.10. The Morgan fingerprint density at radius 1 is 1.16 bits per heavy atom. The monoisotopic (exact) mass is 318 g/mol. The molecule has 0 bridgehead atoms. The van der Waals surface area contributed by atoms with E-state index in [1.807, 2.05) is 26.0 Å². The van der Waals surface area contributed by atoms with Gasteiger partial charge in [0.25, 0.3) is 5.91 Å². The van der Waals surface area contributed by atoms with E-state index in [0.717, 1.165) is 21.4 Å². The van der Waals surface area contributed by atoms with E-state index >= 15 is 0 Å². The molecule has 1 aromatic carbocycles. The predicted molar refractivity (Wildman–Crippen MR) is 80.6 cm³/mol. The molecule has 0 saturated carbocycles. The molecule has 0 radical (unpaired) electrons. The van der Waals surface area contributed by atoms with Crippen molar-refractivity contribution in [3.8, 4) is 0 Å². The minimum atomic E-state index is -0.0648. The molecule has 0 aliphatic rings. The van der Waals surface area contributed by atoms with Crippen LogP contribution in [0.3, 0.4) is 0 Å². The van der Waals surface area contributed by atoms with Crippen LogP contribution in [0.4, 0.5) is 5.69 Å². The smallest absolute Gasteiger partial charge is 0.259 e. The molecule has 2 aromatic rings. The molecular weight excluding hydrogens is 304 g/mol. The third-order valence-electron chi connectivity index (χ3n) is 2.87. The Bertz CT molecular complexity index is 588. The zero-order valence-corrected chi connectivity index (χ0v) is 12.7. The van der Waals surface area contributed by atoms with Gasteiger partial charge in [0, 0.05) is 18.9 Å². The Hall–Kier alpha value is -1.68. The number of aromatic nitrogens is 1. The van der Waals surface area contributed by atoms with Crippen LogP contribution in [0.1, 0.15) is 21.5 Å². The van der Waals surface area contributed by atoms with E-state index in [1.54, 1.807) is 30.3 Å². The molecule has 2 rings (SSSR count). The van der Waals surface area contributed by atoms with Crippen molar-refractivity contribution in [1.82, 2.24) is 4.98 Å². The fourth-order valence-electron chi connectivity index (χ4n) is 1.96. The molecule has 0 aliphatic heterocycles. The van der Waals surface area contributed by atoms with Gasteiger partial charge >= 0.3 is 0 Å². The predicted octanol–water partition coefficient (Wildman–Crippen LogP) is 3.74. The minimum Gasteiger partial charge on any atom is -0.311 e. The highest BCUT2D eigenvalue weighted by atomic mass is 79.9. The summed E-state index contributed by atoms with van der Waals surface area (Å²) < 4.78 is 0.720. The Labute approximate surface area is 121 Å². The van der Waals surface area contributed by atoms with Gasteiger partial charge in [-0.25, -0.2) is 4.98 Å². The molecule has 19 heavy (non-hydrogen) atoms. The van der Waals surface area contributed by atoms with Crippen LogP contribution >= 0.6 is 15.9 Å². The van der Waals surface area contributed by atoms with Crippen molar-refractivity contribution >= 4 is 27.5 Å². The number of nitrogens with zero attached hydrogens (tertiary/aromatic N) is 2. The average Bonchev–Trinajstić information content (AvgIpc) is 2.37. The summed E-state index contributed by atoms with van der Waals surface area (Å²) >= 11 is 3.26. The van der Waals surface area contributed by atoms with Crippen LogP contribution in [0.2, 0.25) is 0 Å². The van der Waals surface area contributed by atoms with Crippen molar-refractivity contribution in [1.29, 1.82) is 0 Å². The summed E-state index contributed by atoms with van der Waals surface area (Å²) in [4.78, 5) is 18.1. The topological polar surface area (TPSA) is 33.2 Å². The van der Waals surface area contributed by atoms with E-state index in [4.69, 9.17) is 0 Å². The fraction of sp³-hybridized carbons (Fsp3) is 0.200. The van der Waals surface area contributed by atoms with Crippen molar-refractivity contribution in [2.24, 2.45) is 0 Å². The number of pyridine rings is 1. The van der Waals surface area contributed by atoms with E-state index in [2.05, 4.69) is 27.0 Å². The zero-order valence-electron chi connectivity index (χ0n) is 11.1. The molecule has 0 atom stereocenters. The van der Waals surface area contributed by atoms with E-state index in [0.29, 0.717) is 5.56 Å². The van der Waals surface area contributed by atoms with E-state index in [1.165, 1.54) is 0 Å². The van der Waals surface area contributed by atoms with Crippen molar-refractivity contribution < 1.29 is 4.79 Å². The lowest BCUT2D eigenvalue weighted by atomic mass is 10.1. The van der Waals surface area contributed by atoms with Gasteiger partial charge in [-0.2, -0.15) is 0 Å². The number of hydrogen-bond donors (Lipinski definition) is 0. The molecule has 1 heterocycles. The number of carbonyl (C=O) groups is 1. The summed E-state index contributed by atoms with van der Waals surface area (Å²) in [5.74, 6) is -0.0648. The number of rotatable bonds is 2. The highest BCUT2D eigenvalue weighted by Gasteiger charge is 2.14. The first-order chi connectivity index (χ1) is 8.97. The van der Waals surface area contributed by atoms with Gasteiger partial charge in [0.1, 0.15) is 4.60 Å². The first-order valence-corrected chi connectivity index (χ1v) is 6.74. The van der Waals surface area contributed by atoms with Gasteiger partial charge in [-0.05, 0) is 65.2 Å². The Morgan fingerprint density at radius 2 is 1.79 bits per heavy atom. The second-order valence-electron chi connectivity index (χ2n) is 4.58. The van der Waals surface area contributed by atoms with Crippen molar-refractivity contribution in [3.63, 3.8) is 0 Å². The number of halogens is 1. The molecule has 3 nitrogen and oxygen atoms in total. The summed E-state index contributed by atoms with van der Waals surface area (Å²) in [6.07, 6.45) is 1.57. The van der Waals surface area contributed by atoms with Gasteiger partial charge in [-0.15, -0.1) is 0 Å². The maximum Gasteiger partial charge on any atom is 0.259 e. The molecule has 0 saturated heterocycles. The molecule has 1 aromatic heterocycles. The number of carbonyl (C=O) groups excluding carboxylic acids is 1. The normalized spacial score (nSPS) is 10.3. The standard InChI is InChI=1S/C15H15BrN2O/c1-10-6-11(2)8-13(7-10)18(3)15(19)12-4-5-14(16)17-9-12/h4-9H,1-3H3. The second kappa shape index (κ2) is 5.53. The molecule has 0 fully saturated rings. The van der Waals surface area contributed by atoms with Crippen LogP contribution in [0, 0.1) is 13.8 Å². The SMILES string of the molecule is Cc1cc(C)cc(N(C)C(=O)c2ccc(Br)nc2)c1. The molecule has 4 heteroatoms. The van der Waals surface area contributed by atoms with Crippen LogP contribution in [0.15, 0.2) is 41.1 Å². The van der Waals surface area contributed by atoms with Gasteiger partial charge in [-0.1, -0.05) is 6.07 Å². The van der Waals surface area contributed by atoms with Crippen molar-refractivity contribution in [2.75, 3.05) is 11.9 Å². The van der Waals surface area contributed by atoms with Crippen LogP contribution < -0.4 is 4.90 Å². The van der Waals surface area contributed by atoms with E-state index < -0.39 is 0 Å². The maximum atomic E-state index is 12.3. The van der Waals surface area contributed by atoms with Gasteiger partial charge in [0.15, 0.2) is 0 Å². The summed E-state index contributed by atoms with van der Waals surface area (Å²) in [7, 11) is 1.78. The lowest BCUT2D eigenvalue weighted by molar-refractivity contribution is 0.0992. The van der Waals surface area contributed by atoms with E-state index in [-0.39, 0.29) is 5.91 Å². The van der Waals surface area contributed by atoms with Gasteiger partial charge < -0.3 is 4.90 Å². The Kier molecular flexibility index (Phi) is 4.00. The first kappa shape index (κ1) is 13.7. The first-order valence-electron chi connectivity index (χ1n) is 5.95. The molecule has 1 amide bonds. The number of amides is 1. The Morgan fingerprint density at radius 3 is 2.32 bits per heavy atom. The summed E-state index contributed by atoms with van der Waals surface area (Å²) in [6.45, 7) is 4.05. The quantitative estimate of drug-likeness (QED) is 0.790. The number of benzene rings is 1. The van der Waals surface area contributed by atoms with Gasteiger partial charge in [0.05, 0.1) is 5.56 Å². The van der Waals surface area contributed by atoms with Crippen LogP contribution in [0.5, 0.6) is 0 Å². The zero-order chi connectivity index (χ0) is 14.0. The molecule has 0 unspecified atom stereocenters. The van der Waals surface area contributed by atoms with Crippen LogP contribution in [0.25, 0.3) is 0 Å². The molecule has 0 N–H and O–H groups in total. The van der Waals surface area contributed by atoms with Crippen molar-refractivity contribution in [2.45, 2.75) is 13.8 Å². The van der Waals surface area contributed by atoms with Crippen LogP contribution in [-0.4, -0.2) is 17.9 Å². The summed E-state index contributed by atoms with van der Waals surface area (Å²) in [5.41, 5.74) is 3.75. The maximum absolute atomic E-state index is 12.3.